The molecule has 1 aliphatic rings. The summed E-state index contributed by atoms with van der Waals surface area (Å²) in [7, 11) is 1.34. The van der Waals surface area contributed by atoms with E-state index in [4.69, 9.17) is 26.2 Å². The molecule has 2 atom stereocenters. The Morgan fingerprint density at radius 1 is 1.18 bits per heavy atom. The summed E-state index contributed by atoms with van der Waals surface area (Å²) in [4.78, 5) is 24.5. The van der Waals surface area contributed by atoms with Crippen LogP contribution in [-0.4, -0.2) is 35.7 Å². The average molecular weight is 548 g/mol. The van der Waals surface area contributed by atoms with Crippen molar-refractivity contribution in [1.29, 1.82) is 0 Å². The third kappa shape index (κ3) is 5.96. The molecule has 3 aromatic rings. The molecule has 0 aliphatic heterocycles. The quantitative estimate of drug-likeness (QED) is 0.225. The molecule has 0 spiro atoms. The summed E-state index contributed by atoms with van der Waals surface area (Å²) in [5.74, 6) is -3.00. The number of hydrogen-bond acceptors (Lipinski definition) is 5. The second-order valence-corrected chi connectivity index (χ2v) is 9.43. The number of carbonyl (C=O) groups is 2. The van der Waals surface area contributed by atoms with E-state index in [1.54, 1.807) is 0 Å². The molecule has 1 aromatic heterocycles. The van der Waals surface area contributed by atoms with E-state index in [0.717, 1.165) is 26.0 Å². The number of aromatic carboxylic acids is 1. The molecule has 3 N–H and O–H groups in total. The van der Waals surface area contributed by atoms with E-state index in [9.17, 15) is 19.2 Å². The number of alkyl halides is 1. The number of carbonyl (C=O) groups excluding carboxylic acids is 1. The Hall–Kier alpha value is -3.92. The number of ether oxygens (including phenoxy) is 2. The van der Waals surface area contributed by atoms with Crippen molar-refractivity contribution in [1.82, 2.24) is 0 Å². The van der Waals surface area contributed by atoms with Crippen LogP contribution in [0, 0.1) is 11.7 Å². The first kappa shape index (κ1) is 27.1. The minimum absolute atomic E-state index is 0.0317. The molecule has 0 bridgehead atoms. The predicted octanol–water partition coefficient (Wildman–Crippen LogP) is 5.59. The zero-order chi connectivity index (χ0) is 27.6. The third-order valence-corrected chi connectivity index (χ3v) is 6.53. The van der Waals surface area contributed by atoms with Crippen molar-refractivity contribution in [2.75, 3.05) is 12.4 Å². The highest BCUT2D eigenvalue weighted by atomic mass is 35.5. The molecular formula is C27H26ClF2N2O6+. The second kappa shape index (κ2) is 11.2. The molecule has 1 saturated carbocycles. The van der Waals surface area contributed by atoms with E-state index < -0.39 is 30.0 Å². The first-order chi connectivity index (χ1) is 18.1. The minimum atomic E-state index is -1.75. The molecule has 38 heavy (non-hydrogen) atoms. The Morgan fingerprint density at radius 3 is 2.45 bits per heavy atom. The van der Waals surface area contributed by atoms with Crippen molar-refractivity contribution in [3.8, 4) is 22.6 Å². The smallest absolute Gasteiger partial charge is 0.335 e. The first-order valence-corrected chi connectivity index (χ1v) is 12.2. The molecule has 1 amide bonds. The fourth-order valence-corrected chi connectivity index (χ4v) is 4.34. The van der Waals surface area contributed by atoms with E-state index >= 15 is 4.39 Å². The van der Waals surface area contributed by atoms with Crippen LogP contribution in [0.2, 0.25) is 5.02 Å². The summed E-state index contributed by atoms with van der Waals surface area (Å²) in [6.07, 6.45) is 1.72. The van der Waals surface area contributed by atoms with E-state index in [-0.39, 0.29) is 44.8 Å². The van der Waals surface area contributed by atoms with E-state index in [1.807, 2.05) is 0 Å². The maximum Gasteiger partial charge on any atom is 0.335 e. The Morgan fingerprint density at radius 2 is 1.87 bits per heavy atom. The molecule has 8 nitrogen and oxygen atoms in total. The maximum absolute atomic E-state index is 15.2. The van der Waals surface area contributed by atoms with Gasteiger partial charge in [0.1, 0.15) is 17.4 Å². The number of carboxylic acid groups (broad SMARTS) is 1. The van der Waals surface area contributed by atoms with Crippen LogP contribution in [0.25, 0.3) is 11.1 Å². The highest BCUT2D eigenvalue weighted by Crippen LogP contribution is 2.43. The average Bonchev–Trinajstić information content (AvgIpc) is 3.69. The normalized spacial score (nSPS) is 14.4. The van der Waals surface area contributed by atoms with Crippen LogP contribution in [-0.2, 0) is 4.79 Å². The second-order valence-electron chi connectivity index (χ2n) is 9.02. The molecule has 0 radical (unpaired) electrons. The van der Waals surface area contributed by atoms with Crippen molar-refractivity contribution in [3.63, 3.8) is 0 Å². The van der Waals surface area contributed by atoms with Gasteiger partial charge in [-0.05, 0) is 48.7 Å². The summed E-state index contributed by atoms with van der Waals surface area (Å²) in [5.41, 5.74) is 0.460. The minimum Gasteiger partial charge on any atom is -0.496 e. The fourth-order valence-electron chi connectivity index (χ4n) is 4.19. The number of nitrogens with zero attached hydrogens (tertiary/aromatic N) is 1. The number of benzene rings is 2. The monoisotopic (exact) mass is 547 g/mol. The van der Waals surface area contributed by atoms with Crippen molar-refractivity contribution in [3.05, 3.63) is 70.8 Å². The van der Waals surface area contributed by atoms with Gasteiger partial charge in [0.2, 0.25) is 24.2 Å². The number of hydrogen-bond donors (Lipinski definition) is 3. The number of pyridine rings is 1. The van der Waals surface area contributed by atoms with Gasteiger partial charge in [0.05, 0.1) is 34.9 Å². The van der Waals surface area contributed by atoms with Crippen molar-refractivity contribution < 1.29 is 42.9 Å². The van der Waals surface area contributed by atoms with Gasteiger partial charge in [0.15, 0.2) is 5.82 Å². The lowest BCUT2D eigenvalue weighted by molar-refractivity contribution is -0.909. The highest BCUT2D eigenvalue weighted by Gasteiger charge is 2.38. The predicted molar refractivity (Wildman–Crippen MR) is 134 cm³/mol. The SMILES string of the molecule is COc1cc(C(CC2CC2)C(=O)Nc2ccc(C(=O)O)cc2)[n+](O)cc1-c1c(OC(C)F)ccc(Cl)c1F. The maximum atomic E-state index is 15.2. The topological polar surface area (TPSA) is 109 Å². The third-order valence-electron chi connectivity index (χ3n) is 6.23. The lowest BCUT2D eigenvalue weighted by Crippen LogP contribution is -2.40. The molecule has 200 valence electrons. The number of rotatable bonds is 10. The van der Waals surface area contributed by atoms with Crippen molar-refractivity contribution in [2.24, 2.45) is 5.92 Å². The van der Waals surface area contributed by atoms with Crippen LogP contribution in [0.4, 0.5) is 14.5 Å². The summed E-state index contributed by atoms with van der Waals surface area (Å²) in [6, 6.07) is 9.64. The zero-order valence-corrected chi connectivity index (χ0v) is 21.3. The van der Waals surface area contributed by atoms with Crippen molar-refractivity contribution in [2.45, 2.75) is 38.5 Å². The Labute approximate surface area is 222 Å². The largest absolute Gasteiger partial charge is 0.496 e. The van der Waals surface area contributed by atoms with Crippen molar-refractivity contribution >= 4 is 29.2 Å². The number of amides is 1. The van der Waals surface area contributed by atoms with Gasteiger partial charge in [-0.15, -0.1) is 0 Å². The summed E-state index contributed by atoms with van der Waals surface area (Å²) in [6.45, 7) is 1.14. The van der Waals surface area contributed by atoms with Gasteiger partial charge >= 0.3 is 5.97 Å². The lowest BCUT2D eigenvalue weighted by atomic mass is 9.94. The molecule has 2 aromatic carbocycles. The zero-order valence-electron chi connectivity index (χ0n) is 20.6. The number of carboxylic acids is 1. The molecule has 0 saturated heterocycles. The fraction of sp³-hybridized carbons (Fsp3) is 0.296. The van der Waals surface area contributed by atoms with Gasteiger partial charge in [-0.1, -0.05) is 24.4 Å². The van der Waals surface area contributed by atoms with Crippen LogP contribution in [0.1, 0.15) is 48.2 Å². The lowest BCUT2D eigenvalue weighted by Gasteiger charge is -2.17. The van der Waals surface area contributed by atoms with Gasteiger partial charge in [0.25, 0.3) is 0 Å². The molecular weight excluding hydrogens is 522 g/mol. The number of anilines is 1. The Kier molecular flexibility index (Phi) is 8.01. The van der Waals surface area contributed by atoms with Crippen LogP contribution < -0.4 is 19.5 Å². The standard InChI is InChI=1S/C27H25ClF2N2O6/c1-14(29)38-22-10-9-20(28)25(30)24(22)19-13-32(36)21(12-23(19)37-2)18(11-15-3-4-15)26(33)31-17-7-5-16(6-8-17)27(34)35/h5-10,12-15,18H,3-4,11H2,1-2H3,(H2-,31,33,34,35,36)/p+1. The molecule has 1 fully saturated rings. The van der Waals surface area contributed by atoms with E-state index in [1.165, 1.54) is 49.6 Å². The van der Waals surface area contributed by atoms with Crippen LogP contribution in [0.15, 0.2) is 48.7 Å². The summed E-state index contributed by atoms with van der Waals surface area (Å²) < 4.78 is 40.1. The van der Waals surface area contributed by atoms with Crippen LogP contribution >= 0.6 is 11.6 Å². The molecule has 11 heteroatoms. The highest BCUT2D eigenvalue weighted by molar-refractivity contribution is 6.31. The summed E-state index contributed by atoms with van der Waals surface area (Å²) >= 11 is 5.98. The van der Waals surface area contributed by atoms with E-state index in [0.29, 0.717) is 16.8 Å². The molecule has 1 aliphatic carbocycles. The first-order valence-electron chi connectivity index (χ1n) is 11.8. The summed E-state index contributed by atoms with van der Waals surface area (Å²) in [5, 5.41) is 22.6. The van der Waals surface area contributed by atoms with Gasteiger partial charge in [-0.2, -0.15) is 0 Å². The van der Waals surface area contributed by atoms with Crippen LogP contribution in [0.5, 0.6) is 11.5 Å². The Bertz CT molecular complexity index is 1360. The van der Waals surface area contributed by atoms with Gasteiger partial charge in [-0.25, -0.2) is 13.6 Å². The van der Waals surface area contributed by atoms with Gasteiger partial charge < -0.3 is 19.9 Å². The van der Waals surface area contributed by atoms with Gasteiger partial charge in [0, 0.05) is 17.3 Å². The molecule has 4 rings (SSSR count). The van der Waals surface area contributed by atoms with E-state index in [2.05, 4.69) is 5.32 Å². The molecule has 2 unspecified atom stereocenters. The number of methoxy groups -OCH3 is 1. The Balaban J connectivity index is 1.74. The van der Waals surface area contributed by atoms with Crippen LogP contribution in [0.3, 0.4) is 0 Å². The number of nitrogens with one attached hydrogen (secondary N) is 1. The number of aromatic nitrogens is 1. The van der Waals surface area contributed by atoms with Gasteiger partial charge in [-0.3, -0.25) is 10.0 Å². The number of halogens is 3. The molecule has 1 heterocycles.